The summed E-state index contributed by atoms with van der Waals surface area (Å²) in [5.41, 5.74) is 3.98. The molecule has 0 bridgehead atoms. The Bertz CT molecular complexity index is 1810. The first-order valence-corrected chi connectivity index (χ1v) is 15.2. The van der Waals surface area contributed by atoms with Crippen LogP contribution >= 0.6 is 15.9 Å². The van der Waals surface area contributed by atoms with Crippen LogP contribution < -0.4 is 9.64 Å². The molecule has 1 fully saturated rings. The topological polar surface area (TPSA) is 103 Å². The maximum Gasteiger partial charge on any atom is 0.339 e. The summed E-state index contributed by atoms with van der Waals surface area (Å²) in [6.07, 6.45) is 5.75. The van der Waals surface area contributed by atoms with Gasteiger partial charge in [-0.15, -0.1) is 0 Å². The van der Waals surface area contributed by atoms with E-state index >= 15 is 0 Å². The SMILES string of the molecule is CCc1cc(Br)cc2c(C(=O)OCC(=O)c3ccc(OC)cc3)cc(-c3ccc(N4C(=O)C5CC=CCC5C4=O)cc3)nc12. The zero-order valence-electron chi connectivity index (χ0n) is 24.2. The Morgan fingerprint density at radius 1 is 0.932 bits per heavy atom. The maximum atomic E-state index is 13.5. The minimum absolute atomic E-state index is 0.173. The number of fused-ring (bicyclic) bond motifs is 2. The van der Waals surface area contributed by atoms with E-state index in [0.29, 0.717) is 58.4 Å². The number of pyridine rings is 1. The molecule has 9 heteroatoms. The molecule has 3 aromatic carbocycles. The highest BCUT2D eigenvalue weighted by Gasteiger charge is 2.47. The molecule has 4 aromatic rings. The molecular formula is C35H29BrN2O6. The van der Waals surface area contributed by atoms with Crippen LogP contribution in [0.15, 0.2) is 83.4 Å². The number of carbonyl (C=O) groups excluding carboxylic acids is 4. The molecule has 0 spiro atoms. The molecule has 0 N–H and O–H groups in total. The third kappa shape index (κ3) is 5.43. The Labute approximate surface area is 262 Å². The smallest absolute Gasteiger partial charge is 0.339 e. The Morgan fingerprint density at radius 2 is 1.59 bits per heavy atom. The third-order valence-corrected chi connectivity index (χ3v) is 8.69. The van der Waals surface area contributed by atoms with Crippen molar-refractivity contribution in [3.8, 4) is 17.0 Å². The number of rotatable bonds is 8. The number of ketones is 1. The first-order valence-electron chi connectivity index (χ1n) is 14.4. The van der Waals surface area contributed by atoms with Crippen LogP contribution in [-0.2, 0) is 20.7 Å². The van der Waals surface area contributed by atoms with E-state index in [-0.39, 0.29) is 35.0 Å². The van der Waals surface area contributed by atoms with Crippen molar-refractivity contribution >= 4 is 56.1 Å². The second-order valence-electron chi connectivity index (χ2n) is 10.8. The van der Waals surface area contributed by atoms with Crippen LogP contribution in [0.3, 0.4) is 0 Å². The van der Waals surface area contributed by atoms with Gasteiger partial charge in [0.15, 0.2) is 12.4 Å². The van der Waals surface area contributed by atoms with Gasteiger partial charge in [0.05, 0.1) is 41.4 Å². The molecule has 2 amide bonds. The monoisotopic (exact) mass is 652 g/mol. The molecule has 1 aliphatic carbocycles. The lowest BCUT2D eigenvalue weighted by Gasteiger charge is -2.16. The van der Waals surface area contributed by atoms with Gasteiger partial charge in [-0.1, -0.05) is 47.1 Å². The number of carbonyl (C=O) groups is 4. The predicted molar refractivity (Wildman–Crippen MR) is 170 cm³/mol. The van der Waals surface area contributed by atoms with Gasteiger partial charge in [-0.2, -0.15) is 0 Å². The van der Waals surface area contributed by atoms with E-state index in [0.717, 1.165) is 10.0 Å². The highest BCUT2D eigenvalue weighted by Crippen LogP contribution is 2.38. The molecule has 1 saturated heterocycles. The van der Waals surface area contributed by atoms with Crippen LogP contribution in [0.2, 0.25) is 0 Å². The van der Waals surface area contributed by atoms with E-state index in [1.54, 1.807) is 61.7 Å². The molecule has 222 valence electrons. The average Bonchev–Trinajstić information content (AvgIpc) is 3.31. The zero-order valence-corrected chi connectivity index (χ0v) is 25.8. The molecule has 8 nitrogen and oxygen atoms in total. The first kappa shape index (κ1) is 29.4. The third-order valence-electron chi connectivity index (χ3n) is 8.23. The van der Waals surface area contributed by atoms with Gasteiger partial charge in [-0.05, 0) is 79.4 Å². The van der Waals surface area contributed by atoms with Crippen molar-refractivity contribution in [1.82, 2.24) is 4.98 Å². The van der Waals surface area contributed by atoms with Crippen molar-refractivity contribution in [1.29, 1.82) is 0 Å². The largest absolute Gasteiger partial charge is 0.497 e. The summed E-state index contributed by atoms with van der Waals surface area (Å²) in [4.78, 5) is 58.6. The van der Waals surface area contributed by atoms with Gasteiger partial charge in [0.1, 0.15) is 5.75 Å². The number of nitrogens with zero attached hydrogens (tertiary/aromatic N) is 2. The van der Waals surface area contributed by atoms with Crippen molar-refractivity contribution < 1.29 is 28.7 Å². The fraction of sp³-hybridized carbons (Fsp3) is 0.229. The first-order chi connectivity index (χ1) is 21.3. The molecule has 2 heterocycles. The maximum absolute atomic E-state index is 13.5. The lowest BCUT2D eigenvalue weighted by molar-refractivity contribution is -0.122. The van der Waals surface area contributed by atoms with Crippen LogP contribution in [0, 0.1) is 11.8 Å². The Balaban J connectivity index is 1.31. The number of hydrogen-bond acceptors (Lipinski definition) is 7. The van der Waals surface area contributed by atoms with Crippen LogP contribution in [0.4, 0.5) is 5.69 Å². The highest BCUT2D eigenvalue weighted by molar-refractivity contribution is 9.10. The van der Waals surface area contributed by atoms with Crippen molar-refractivity contribution in [2.75, 3.05) is 18.6 Å². The van der Waals surface area contributed by atoms with E-state index < -0.39 is 12.6 Å². The van der Waals surface area contributed by atoms with Crippen LogP contribution in [0.5, 0.6) is 5.75 Å². The van der Waals surface area contributed by atoms with Crippen molar-refractivity contribution in [3.63, 3.8) is 0 Å². The minimum atomic E-state index is -0.651. The molecule has 44 heavy (non-hydrogen) atoms. The molecule has 6 rings (SSSR count). The number of benzene rings is 3. The van der Waals surface area contributed by atoms with Crippen molar-refractivity contribution in [2.24, 2.45) is 11.8 Å². The van der Waals surface area contributed by atoms with Crippen LogP contribution in [-0.4, -0.2) is 42.3 Å². The normalized spacial score (nSPS) is 17.6. The molecular weight excluding hydrogens is 624 g/mol. The number of hydrogen-bond donors (Lipinski definition) is 0. The second kappa shape index (κ2) is 12.2. The van der Waals surface area contributed by atoms with E-state index in [1.807, 2.05) is 31.2 Å². The van der Waals surface area contributed by atoms with Gasteiger partial charge in [-0.3, -0.25) is 19.3 Å². The molecule has 2 aliphatic rings. The molecule has 2 atom stereocenters. The van der Waals surface area contributed by atoms with Crippen molar-refractivity contribution in [2.45, 2.75) is 26.2 Å². The minimum Gasteiger partial charge on any atom is -0.497 e. The predicted octanol–water partition coefficient (Wildman–Crippen LogP) is 6.73. The summed E-state index contributed by atoms with van der Waals surface area (Å²) in [5, 5.41) is 0.600. The number of esters is 1. The van der Waals surface area contributed by atoms with E-state index in [1.165, 1.54) is 4.90 Å². The van der Waals surface area contributed by atoms with Crippen LogP contribution in [0.1, 0.15) is 46.0 Å². The second-order valence-corrected chi connectivity index (χ2v) is 11.7. The average molecular weight is 654 g/mol. The molecule has 1 aliphatic heterocycles. The fourth-order valence-electron chi connectivity index (χ4n) is 5.85. The number of anilines is 1. The van der Waals surface area contributed by atoms with Gasteiger partial charge < -0.3 is 9.47 Å². The number of allylic oxidation sites excluding steroid dienone is 2. The summed E-state index contributed by atoms with van der Waals surface area (Å²) in [6, 6.07) is 19.1. The lowest BCUT2D eigenvalue weighted by Crippen LogP contribution is -2.30. The van der Waals surface area contributed by atoms with E-state index in [4.69, 9.17) is 14.5 Å². The number of methoxy groups -OCH3 is 1. The van der Waals surface area contributed by atoms with Gasteiger partial charge in [0, 0.05) is 21.0 Å². The van der Waals surface area contributed by atoms with Gasteiger partial charge in [0.25, 0.3) is 0 Å². The lowest BCUT2D eigenvalue weighted by atomic mass is 9.85. The number of Topliss-reactive ketones (excluding diaryl/α,β-unsaturated/α-hetero) is 1. The molecule has 0 saturated carbocycles. The van der Waals surface area contributed by atoms with Gasteiger partial charge >= 0.3 is 5.97 Å². The highest BCUT2D eigenvalue weighted by atomic mass is 79.9. The summed E-state index contributed by atoms with van der Waals surface area (Å²) in [7, 11) is 1.54. The zero-order chi connectivity index (χ0) is 31.0. The summed E-state index contributed by atoms with van der Waals surface area (Å²) in [5.74, 6) is -1.35. The standard InChI is InChI=1S/C35H29BrN2O6/c1-3-20-16-23(36)17-28-29(35(42)44-19-31(39)22-10-14-25(43-2)15-11-22)18-30(37-32(20)28)21-8-12-24(13-9-21)38-33(40)26-6-4-5-7-27(26)34(38)41/h4-5,8-18,26-27H,3,6-7,19H2,1-2H3. The quantitative estimate of drug-likeness (QED) is 0.0900. The number of halogens is 1. The van der Waals surface area contributed by atoms with E-state index in [2.05, 4.69) is 15.9 Å². The molecule has 2 unspecified atom stereocenters. The summed E-state index contributed by atoms with van der Waals surface area (Å²) in [6.45, 7) is 1.58. The Hall–Kier alpha value is -4.63. The van der Waals surface area contributed by atoms with Gasteiger partial charge in [0.2, 0.25) is 11.8 Å². The van der Waals surface area contributed by atoms with Gasteiger partial charge in [-0.25, -0.2) is 9.78 Å². The summed E-state index contributed by atoms with van der Waals surface area (Å²) < 4.78 is 11.5. The Kier molecular flexibility index (Phi) is 8.14. The Morgan fingerprint density at radius 3 is 2.20 bits per heavy atom. The number of ether oxygens (including phenoxy) is 2. The number of aryl methyl sites for hydroxylation is 1. The number of imide groups is 1. The van der Waals surface area contributed by atoms with Crippen molar-refractivity contribution in [3.05, 3.63) is 100 Å². The summed E-state index contributed by atoms with van der Waals surface area (Å²) >= 11 is 3.54. The number of amides is 2. The molecule has 0 radical (unpaired) electrons. The number of aromatic nitrogens is 1. The fourth-order valence-corrected chi connectivity index (χ4v) is 6.36. The van der Waals surface area contributed by atoms with E-state index in [9.17, 15) is 19.2 Å². The van der Waals surface area contributed by atoms with Crippen LogP contribution in [0.25, 0.3) is 22.2 Å². The molecule has 1 aromatic heterocycles.